The summed E-state index contributed by atoms with van der Waals surface area (Å²) in [5, 5.41) is 4.29. The van der Waals surface area contributed by atoms with Gasteiger partial charge in [-0.3, -0.25) is 4.68 Å². The molecule has 0 fully saturated rings. The average molecular weight is 277 g/mol. The highest BCUT2D eigenvalue weighted by molar-refractivity contribution is 5.39. The van der Waals surface area contributed by atoms with E-state index in [1.807, 2.05) is 27.8 Å². The minimum Gasteiger partial charge on any atom is -0.435 e. The first-order chi connectivity index (χ1) is 9.51. The van der Waals surface area contributed by atoms with Crippen molar-refractivity contribution in [1.29, 1.82) is 0 Å². The maximum atomic E-state index is 5.79. The molecule has 0 amide bonds. The van der Waals surface area contributed by atoms with E-state index in [0.717, 1.165) is 11.4 Å². The molecular weight excluding hydrogens is 258 g/mol. The molecule has 0 spiro atoms. The number of nitrogens with two attached hydrogens (primary N) is 1. The van der Waals surface area contributed by atoms with Crippen LogP contribution in [-0.2, 0) is 18.4 Å². The number of anilines is 1. The zero-order chi connectivity index (χ0) is 14.7. The van der Waals surface area contributed by atoms with Gasteiger partial charge in [-0.2, -0.15) is 10.1 Å². The molecule has 108 valence electrons. The maximum Gasteiger partial charge on any atom is 0.224 e. The highest BCUT2D eigenvalue weighted by atomic mass is 16.5. The summed E-state index contributed by atoms with van der Waals surface area (Å²) in [5.41, 5.74) is 7.48. The van der Waals surface area contributed by atoms with Crippen LogP contribution < -0.4 is 10.5 Å². The van der Waals surface area contributed by atoms with Crippen molar-refractivity contribution in [3.8, 4) is 11.6 Å². The number of ether oxygens (including phenoxy) is 2. The van der Waals surface area contributed by atoms with Crippen molar-refractivity contribution in [3.05, 3.63) is 23.3 Å². The first-order valence-electron chi connectivity index (χ1n) is 6.40. The van der Waals surface area contributed by atoms with Crippen LogP contribution in [0.2, 0.25) is 0 Å². The number of hydrogen-bond donors (Lipinski definition) is 1. The van der Waals surface area contributed by atoms with Crippen molar-refractivity contribution in [2.75, 3.05) is 12.3 Å². The van der Waals surface area contributed by atoms with E-state index in [4.69, 9.17) is 15.2 Å². The van der Waals surface area contributed by atoms with Gasteiger partial charge >= 0.3 is 0 Å². The van der Waals surface area contributed by atoms with Gasteiger partial charge in [0.15, 0.2) is 11.6 Å². The first-order valence-corrected chi connectivity index (χ1v) is 6.40. The third kappa shape index (κ3) is 3.05. The van der Waals surface area contributed by atoms with E-state index >= 15 is 0 Å². The lowest BCUT2D eigenvalue weighted by atomic mass is 10.3. The van der Waals surface area contributed by atoms with Gasteiger partial charge in [-0.15, -0.1) is 0 Å². The molecule has 0 aliphatic carbocycles. The number of nitrogen functional groups attached to an aromatic ring is 1. The van der Waals surface area contributed by atoms with Crippen LogP contribution in [0.3, 0.4) is 0 Å². The molecule has 7 heteroatoms. The molecule has 0 atom stereocenters. The fraction of sp³-hybridized carbons (Fsp3) is 0.462. The largest absolute Gasteiger partial charge is 0.435 e. The summed E-state index contributed by atoms with van der Waals surface area (Å²) < 4.78 is 12.8. The lowest BCUT2D eigenvalue weighted by Gasteiger charge is -2.08. The van der Waals surface area contributed by atoms with Gasteiger partial charge in [0, 0.05) is 19.7 Å². The van der Waals surface area contributed by atoms with E-state index in [0.29, 0.717) is 36.5 Å². The summed E-state index contributed by atoms with van der Waals surface area (Å²) >= 11 is 0. The minimum absolute atomic E-state index is 0.308. The topological polar surface area (TPSA) is 88.1 Å². The van der Waals surface area contributed by atoms with Gasteiger partial charge in [-0.05, 0) is 20.8 Å². The smallest absolute Gasteiger partial charge is 0.224 e. The van der Waals surface area contributed by atoms with E-state index in [2.05, 4.69) is 15.1 Å². The Morgan fingerprint density at radius 1 is 1.30 bits per heavy atom. The highest BCUT2D eigenvalue weighted by Crippen LogP contribution is 2.27. The molecule has 2 heterocycles. The molecule has 20 heavy (non-hydrogen) atoms. The van der Waals surface area contributed by atoms with Crippen molar-refractivity contribution >= 4 is 5.82 Å². The molecule has 2 aromatic heterocycles. The summed E-state index contributed by atoms with van der Waals surface area (Å²) in [6.07, 6.45) is 0. The summed E-state index contributed by atoms with van der Waals surface area (Å²) in [4.78, 5) is 8.39. The van der Waals surface area contributed by atoms with E-state index in [1.54, 1.807) is 10.7 Å². The SMILES string of the molecule is CCOCc1nc(N)cc(Oc2c(C)nn(C)c2C)n1. The Morgan fingerprint density at radius 3 is 2.65 bits per heavy atom. The van der Waals surface area contributed by atoms with Crippen LogP contribution >= 0.6 is 0 Å². The molecule has 0 aliphatic heterocycles. The molecule has 0 aromatic carbocycles. The average Bonchev–Trinajstić information content (AvgIpc) is 2.62. The monoisotopic (exact) mass is 277 g/mol. The first kappa shape index (κ1) is 14.3. The Kier molecular flexibility index (Phi) is 4.19. The van der Waals surface area contributed by atoms with Crippen molar-refractivity contribution in [2.45, 2.75) is 27.4 Å². The van der Waals surface area contributed by atoms with Gasteiger partial charge in [0.2, 0.25) is 5.88 Å². The van der Waals surface area contributed by atoms with Crippen LogP contribution in [0.15, 0.2) is 6.07 Å². The fourth-order valence-corrected chi connectivity index (χ4v) is 1.81. The van der Waals surface area contributed by atoms with E-state index in [-0.39, 0.29) is 0 Å². The minimum atomic E-state index is 0.308. The number of aryl methyl sites for hydroxylation is 2. The van der Waals surface area contributed by atoms with Crippen molar-refractivity contribution in [2.24, 2.45) is 7.05 Å². The van der Waals surface area contributed by atoms with Crippen molar-refractivity contribution < 1.29 is 9.47 Å². The molecule has 2 N–H and O–H groups in total. The Morgan fingerprint density at radius 2 is 2.05 bits per heavy atom. The molecular formula is C13H19N5O2. The third-order valence-corrected chi connectivity index (χ3v) is 2.85. The fourth-order valence-electron chi connectivity index (χ4n) is 1.81. The standard InChI is InChI=1S/C13H19N5O2/c1-5-19-7-11-15-10(14)6-12(16-11)20-13-8(2)17-18(4)9(13)3/h6H,5,7H2,1-4H3,(H2,14,15,16). The molecule has 0 aliphatic rings. The van der Waals surface area contributed by atoms with Crippen LogP contribution in [0.25, 0.3) is 0 Å². The molecule has 0 saturated heterocycles. The second kappa shape index (κ2) is 5.87. The Labute approximate surface area is 117 Å². The predicted octanol–water partition coefficient (Wildman–Crippen LogP) is 1.74. The van der Waals surface area contributed by atoms with Gasteiger partial charge in [0.25, 0.3) is 0 Å². The van der Waals surface area contributed by atoms with Gasteiger partial charge in [0.1, 0.15) is 18.1 Å². The molecule has 0 bridgehead atoms. The maximum absolute atomic E-state index is 5.79. The van der Waals surface area contributed by atoms with Gasteiger partial charge in [-0.1, -0.05) is 0 Å². The lowest BCUT2D eigenvalue weighted by Crippen LogP contribution is -2.04. The molecule has 2 rings (SSSR count). The molecule has 0 radical (unpaired) electrons. The second-order valence-electron chi connectivity index (χ2n) is 4.41. The quantitative estimate of drug-likeness (QED) is 0.895. The lowest BCUT2D eigenvalue weighted by molar-refractivity contribution is 0.128. The number of rotatable bonds is 5. The number of hydrogen-bond acceptors (Lipinski definition) is 6. The molecule has 7 nitrogen and oxygen atoms in total. The van der Waals surface area contributed by atoms with Crippen molar-refractivity contribution in [3.63, 3.8) is 0 Å². The predicted molar refractivity (Wildman–Crippen MR) is 74.5 cm³/mol. The van der Waals surface area contributed by atoms with Gasteiger partial charge in [0.05, 0.1) is 5.69 Å². The highest BCUT2D eigenvalue weighted by Gasteiger charge is 2.13. The van der Waals surface area contributed by atoms with E-state index in [1.165, 1.54) is 0 Å². The molecule has 2 aromatic rings. The van der Waals surface area contributed by atoms with Crippen LogP contribution in [0, 0.1) is 13.8 Å². The molecule has 0 saturated carbocycles. The van der Waals surface area contributed by atoms with Crippen LogP contribution in [0.1, 0.15) is 24.1 Å². The third-order valence-electron chi connectivity index (χ3n) is 2.85. The Hall–Kier alpha value is -2.15. The van der Waals surface area contributed by atoms with Crippen molar-refractivity contribution in [1.82, 2.24) is 19.7 Å². The van der Waals surface area contributed by atoms with E-state index < -0.39 is 0 Å². The van der Waals surface area contributed by atoms with E-state index in [9.17, 15) is 0 Å². The molecule has 0 unspecified atom stereocenters. The zero-order valence-electron chi connectivity index (χ0n) is 12.2. The number of aromatic nitrogens is 4. The van der Waals surface area contributed by atoms with Crippen LogP contribution in [0.4, 0.5) is 5.82 Å². The Balaban J connectivity index is 2.26. The Bertz CT molecular complexity index is 609. The summed E-state index contributed by atoms with van der Waals surface area (Å²) in [6.45, 7) is 6.62. The summed E-state index contributed by atoms with van der Waals surface area (Å²) in [7, 11) is 1.87. The van der Waals surface area contributed by atoms with Gasteiger partial charge in [-0.25, -0.2) is 4.98 Å². The second-order valence-corrected chi connectivity index (χ2v) is 4.41. The van der Waals surface area contributed by atoms with Crippen LogP contribution in [0.5, 0.6) is 11.6 Å². The number of nitrogens with zero attached hydrogens (tertiary/aromatic N) is 4. The summed E-state index contributed by atoms with van der Waals surface area (Å²) in [5.74, 6) is 1.93. The summed E-state index contributed by atoms with van der Waals surface area (Å²) in [6, 6.07) is 1.58. The van der Waals surface area contributed by atoms with Gasteiger partial charge < -0.3 is 15.2 Å². The van der Waals surface area contributed by atoms with Crippen LogP contribution in [-0.4, -0.2) is 26.4 Å². The normalized spacial score (nSPS) is 10.8. The zero-order valence-corrected chi connectivity index (χ0v) is 12.2.